The standard InChI is InChI=1S/C18H23NO6/c1-22-9-8-19(7-6-17(20)24-3)12-13-10-18(21)25-16-11-14(23-2)4-5-15(13)16/h4-5,10-11H,6-9,12H2,1-3H3. The first-order valence-corrected chi connectivity index (χ1v) is 7.96. The van der Waals surface area contributed by atoms with Crippen LogP contribution in [0.15, 0.2) is 33.5 Å². The lowest BCUT2D eigenvalue weighted by atomic mass is 10.1. The second-order valence-electron chi connectivity index (χ2n) is 5.55. The highest BCUT2D eigenvalue weighted by Gasteiger charge is 2.13. The first-order valence-electron chi connectivity index (χ1n) is 7.96. The van der Waals surface area contributed by atoms with Crippen LogP contribution in [0.25, 0.3) is 11.0 Å². The van der Waals surface area contributed by atoms with Crippen molar-refractivity contribution >= 4 is 16.9 Å². The fourth-order valence-corrected chi connectivity index (χ4v) is 2.55. The van der Waals surface area contributed by atoms with E-state index in [1.807, 2.05) is 17.0 Å². The number of rotatable bonds is 9. The van der Waals surface area contributed by atoms with Crippen molar-refractivity contribution in [3.05, 3.63) is 40.2 Å². The van der Waals surface area contributed by atoms with Crippen molar-refractivity contribution in [2.24, 2.45) is 0 Å². The van der Waals surface area contributed by atoms with Crippen LogP contribution in [0.1, 0.15) is 12.0 Å². The maximum Gasteiger partial charge on any atom is 0.336 e. The molecule has 0 saturated carbocycles. The van der Waals surface area contributed by atoms with E-state index in [0.717, 1.165) is 10.9 Å². The van der Waals surface area contributed by atoms with E-state index in [4.69, 9.17) is 18.6 Å². The number of carbonyl (C=O) groups excluding carboxylic acids is 1. The molecule has 1 aromatic heterocycles. The first kappa shape index (κ1) is 19.0. The summed E-state index contributed by atoms with van der Waals surface area (Å²) in [4.78, 5) is 25.3. The summed E-state index contributed by atoms with van der Waals surface area (Å²) in [7, 11) is 4.55. The summed E-state index contributed by atoms with van der Waals surface area (Å²) in [5.41, 5.74) is 0.881. The molecule has 0 unspecified atom stereocenters. The summed E-state index contributed by atoms with van der Waals surface area (Å²) >= 11 is 0. The monoisotopic (exact) mass is 349 g/mol. The Morgan fingerprint density at radius 1 is 1.16 bits per heavy atom. The lowest BCUT2D eigenvalue weighted by molar-refractivity contribution is -0.141. The van der Waals surface area contributed by atoms with E-state index < -0.39 is 5.63 Å². The maximum atomic E-state index is 11.9. The molecule has 0 spiro atoms. The van der Waals surface area contributed by atoms with Crippen LogP contribution in [-0.2, 0) is 20.8 Å². The second-order valence-corrected chi connectivity index (χ2v) is 5.55. The molecule has 7 heteroatoms. The zero-order chi connectivity index (χ0) is 18.2. The van der Waals surface area contributed by atoms with E-state index in [2.05, 4.69) is 0 Å². The van der Waals surface area contributed by atoms with E-state index in [-0.39, 0.29) is 12.4 Å². The van der Waals surface area contributed by atoms with Crippen LogP contribution in [0.5, 0.6) is 5.75 Å². The van der Waals surface area contributed by atoms with Crippen LogP contribution in [-0.4, -0.2) is 51.9 Å². The van der Waals surface area contributed by atoms with Crippen molar-refractivity contribution in [3.63, 3.8) is 0 Å². The molecule has 0 amide bonds. The molecule has 25 heavy (non-hydrogen) atoms. The van der Waals surface area contributed by atoms with Gasteiger partial charge in [0.05, 0.1) is 27.2 Å². The molecule has 0 N–H and O–H groups in total. The van der Waals surface area contributed by atoms with E-state index in [1.165, 1.54) is 13.2 Å². The summed E-state index contributed by atoms with van der Waals surface area (Å²) in [6.45, 7) is 2.16. The van der Waals surface area contributed by atoms with Gasteiger partial charge in [-0.2, -0.15) is 0 Å². The molecule has 0 aliphatic heterocycles. The number of hydrogen-bond acceptors (Lipinski definition) is 7. The van der Waals surface area contributed by atoms with Gasteiger partial charge in [-0.1, -0.05) is 0 Å². The van der Waals surface area contributed by atoms with Gasteiger partial charge in [-0.05, 0) is 17.7 Å². The number of carbonyl (C=O) groups is 1. The van der Waals surface area contributed by atoms with Crippen LogP contribution in [0.3, 0.4) is 0 Å². The van der Waals surface area contributed by atoms with Gasteiger partial charge in [0, 0.05) is 44.3 Å². The number of benzene rings is 1. The molecule has 1 heterocycles. The summed E-state index contributed by atoms with van der Waals surface area (Å²) in [5.74, 6) is 0.347. The minimum absolute atomic E-state index is 0.271. The SMILES string of the molecule is COCCN(CCC(=O)OC)Cc1cc(=O)oc2cc(OC)ccc12. The van der Waals surface area contributed by atoms with Gasteiger partial charge in [-0.15, -0.1) is 0 Å². The van der Waals surface area contributed by atoms with E-state index in [0.29, 0.717) is 37.6 Å². The molecule has 0 fully saturated rings. The van der Waals surface area contributed by atoms with E-state index >= 15 is 0 Å². The quantitative estimate of drug-likeness (QED) is 0.505. The normalized spacial score (nSPS) is 11.0. The van der Waals surface area contributed by atoms with Crippen LogP contribution in [0.2, 0.25) is 0 Å². The average molecular weight is 349 g/mol. The molecule has 0 saturated heterocycles. The highest BCUT2D eigenvalue weighted by Crippen LogP contribution is 2.23. The van der Waals surface area contributed by atoms with Crippen molar-refractivity contribution in [1.82, 2.24) is 4.90 Å². The molecular weight excluding hydrogens is 326 g/mol. The fourth-order valence-electron chi connectivity index (χ4n) is 2.55. The van der Waals surface area contributed by atoms with Gasteiger partial charge in [-0.25, -0.2) is 4.79 Å². The Bertz CT molecular complexity index is 770. The van der Waals surface area contributed by atoms with E-state index in [1.54, 1.807) is 20.3 Å². The molecular formula is C18H23NO6. The van der Waals surface area contributed by atoms with Crippen molar-refractivity contribution in [2.75, 3.05) is 41.0 Å². The number of esters is 1. The average Bonchev–Trinajstić information content (AvgIpc) is 2.62. The fraction of sp³-hybridized carbons (Fsp3) is 0.444. The van der Waals surface area contributed by atoms with Crippen molar-refractivity contribution in [1.29, 1.82) is 0 Å². The molecule has 0 bridgehead atoms. The zero-order valence-electron chi connectivity index (χ0n) is 14.7. The van der Waals surface area contributed by atoms with Crippen LogP contribution >= 0.6 is 0 Å². The minimum Gasteiger partial charge on any atom is -0.497 e. The second kappa shape index (κ2) is 9.19. The molecule has 0 atom stereocenters. The number of fused-ring (bicyclic) bond motifs is 1. The Hall–Kier alpha value is -2.38. The number of ether oxygens (including phenoxy) is 3. The maximum absolute atomic E-state index is 11.9. The smallest absolute Gasteiger partial charge is 0.336 e. The lowest BCUT2D eigenvalue weighted by Gasteiger charge is -2.22. The predicted octanol–water partition coefficient (Wildman–Crippen LogP) is 1.81. The largest absolute Gasteiger partial charge is 0.497 e. The summed E-state index contributed by atoms with van der Waals surface area (Å²) in [5, 5.41) is 0.834. The Balaban J connectivity index is 2.27. The highest BCUT2D eigenvalue weighted by molar-refractivity contribution is 5.81. The Morgan fingerprint density at radius 2 is 1.96 bits per heavy atom. The Labute approximate surface area is 146 Å². The van der Waals surface area contributed by atoms with Crippen molar-refractivity contribution in [2.45, 2.75) is 13.0 Å². The van der Waals surface area contributed by atoms with Crippen LogP contribution in [0.4, 0.5) is 0 Å². The van der Waals surface area contributed by atoms with Gasteiger partial charge in [0.1, 0.15) is 11.3 Å². The lowest BCUT2D eigenvalue weighted by Crippen LogP contribution is -2.30. The molecule has 0 aliphatic carbocycles. The van der Waals surface area contributed by atoms with Gasteiger partial charge in [0.25, 0.3) is 0 Å². The van der Waals surface area contributed by atoms with Gasteiger partial charge < -0.3 is 18.6 Å². The van der Waals surface area contributed by atoms with Gasteiger partial charge in [0.2, 0.25) is 0 Å². The summed E-state index contributed by atoms with van der Waals surface area (Å²) in [6.07, 6.45) is 0.271. The van der Waals surface area contributed by atoms with Crippen LogP contribution < -0.4 is 10.4 Å². The number of methoxy groups -OCH3 is 3. The molecule has 0 aliphatic rings. The van der Waals surface area contributed by atoms with Crippen molar-refractivity contribution in [3.8, 4) is 5.75 Å². The molecule has 7 nitrogen and oxygen atoms in total. The van der Waals surface area contributed by atoms with Gasteiger partial charge in [0.15, 0.2) is 0 Å². The van der Waals surface area contributed by atoms with Gasteiger partial charge >= 0.3 is 11.6 Å². The molecule has 2 rings (SSSR count). The molecule has 0 radical (unpaired) electrons. The number of nitrogens with zero attached hydrogens (tertiary/aromatic N) is 1. The molecule has 136 valence electrons. The third-order valence-corrected chi connectivity index (χ3v) is 3.90. The first-order chi connectivity index (χ1) is 12.1. The number of hydrogen-bond donors (Lipinski definition) is 0. The third-order valence-electron chi connectivity index (χ3n) is 3.90. The highest BCUT2D eigenvalue weighted by atomic mass is 16.5. The summed E-state index contributed by atoms with van der Waals surface area (Å²) in [6, 6.07) is 6.85. The van der Waals surface area contributed by atoms with Crippen LogP contribution in [0, 0.1) is 0 Å². The molecule has 1 aromatic carbocycles. The third kappa shape index (κ3) is 5.30. The van der Waals surface area contributed by atoms with Gasteiger partial charge in [-0.3, -0.25) is 9.69 Å². The Morgan fingerprint density at radius 3 is 2.64 bits per heavy atom. The predicted molar refractivity (Wildman–Crippen MR) is 92.8 cm³/mol. The Kier molecular flexibility index (Phi) is 6.97. The molecule has 2 aromatic rings. The topological polar surface area (TPSA) is 78.2 Å². The minimum atomic E-state index is -0.421. The van der Waals surface area contributed by atoms with E-state index in [9.17, 15) is 9.59 Å². The summed E-state index contributed by atoms with van der Waals surface area (Å²) < 4.78 is 20.3. The van der Waals surface area contributed by atoms with Crippen molar-refractivity contribution < 1.29 is 23.4 Å². The zero-order valence-corrected chi connectivity index (χ0v) is 14.7.